The average Bonchev–Trinajstić information content (AvgIpc) is 2.59. The lowest BCUT2D eigenvalue weighted by atomic mass is 9.91. The van der Waals surface area contributed by atoms with Crippen molar-refractivity contribution in [1.29, 1.82) is 0 Å². The van der Waals surface area contributed by atoms with Crippen molar-refractivity contribution < 1.29 is 27.2 Å². The summed E-state index contributed by atoms with van der Waals surface area (Å²) < 4.78 is 46.4. The molecule has 9 heteroatoms. The molecule has 0 saturated carbocycles. The van der Waals surface area contributed by atoms with Gasteiger partial charge in [0.25, 0.3) is 0 Å². The molecule has 0 spiro atoms. The van der Waals surface area contributed by atoms with Gasteiger partial charge in [0, 0.05) is 33.5 Å². The molecule has 0 radical (unpaired) electrons. The lowest BCUT2D eigenvalue weighted by Crippen LogP contribution is -2.25. The summed E-state index contributed by atoms with van der Waals surface area (Å²) in [6, 6.07) is 5.34. The van der Waals surface area contributed by atoms with E-state index < -0.39 is 26.5 Å². The smallest absolute Gasteiger partial charge is 0.312 e. The molecule has 0 aliphatic heterocycles. The first-order valence-electron chi connectivity index (χ1n) is 7.04. The van der Waals surface area contributed by atoms with Gasteiger partial charge in [0.05, 0.1) is 11.3 Å². The molecular weight excluding hydrogens is 362 g/mol. The van der Waals surface area contributed by atoms with E-state index >= 15 is 0 Å². The van der Waals surface area contributed by atoms with Gasteiger partial charge in [-0.15, -0.1) is 0 Å². The van der Waals surface area contributed by atoms with Gasteiger partial charge in [-0.2, -0.15) is 0 Å². The predicted molar refractivity (Wildman–Crippen MR) is 89.6 cm³/mol. The van der Waals surface area contributed by atoms with Gasteiger partial charge in [0.15, 0.2) is 0 Å². The first-order valence-corrected chi connectivity index (χ1v) is 10.6. The molecule has 0 heterocycles. The molecule has 0 saturated heterocycles. The molecule has 6 nitrogen and oxygen atoms in total. The van der Waals surface area contributed by atoms with Crippen molar-refractivity contribution in [3.63, 3.8) is 0 Å². The number of benzene rings is 1. The van der Waals surface area contributed by atoms with Gasteiger partial charge in [-0.05, 0) is 36.1 Å². The summed E-state index contributed by atoms with van der Waals surface area (Å²) in [5, 5.41) is 0.535. The summed E-state index contributed by atoms with van der Waals surface area (Å²) in [7, 11) is -1.37. The van der Waals surface area contributed by atoms with Crippen molar-refractivity contribution in [2.45, 2.75) is 24.2 Å². The Kier molecular flexibility index (Phi) is 6.13. The summed E-state index contributed by atoms with van der Waals surface area (Å²) in [5.74, 6) is 0. The standard InChI is InChI=1S/C14H21ClO6P2/c1-18-22(16,19-2)12-7-10-5-6-11(15)8-13(10)14(9-12)23(17,20-3)21-4/h5-6,8,12,14H,7,9H2,1-4H3/t12-,14-/m1/s1. The van der Waals surface area contributed by atoms with Gasteiger partial charge in [-0.3, -0.25) is 9.13 Å². The Labute approximate surface area is 141 Å². The summed E-state index contributed by atoms with van der Waals surface area (Å²) in [6.45, 7) is 0. The Balaban J connectivity index is 2.55. The fraction of sp³-hybridized carbons (Fsp3) is 0.571. The van der Waals surface area contributed by atoms with Gasteiger partial charge in [0.1, 0.15) is 0 Å². The first kappa shape index (κ1) is 19.1. The molecule has 130 valence electrons. The third-order valence-corrected chi connectivity index (χ3v) is 9.08. The molecule has 0 unspecified atom stereocenters. The quantitative estimate of drug-likeness (QED) is 0.666. The topological polar surface area (TPSA) is 71.1 Å². The van der Waals surface area contributed by atoms with Crippen LogP contribution in [0.5, 0.6) is 0 Å². The molecule has 1 aromatic carbocycles. The lowest BCUT2D eigenvalue weighted by Gasteiger charge is -2.36. The van der Waals surface area contributed by atoms with E-state index in [1.807, 2.05) is 6.07 Å². The van der Waals surface area contributed by atoms with Crippen molar-refractivity contribution in [2.75, 3.05) is 28.4 Å². The minimum atomic E-state index is -3.43. The fourth-order valence-electron chi connectivity index (χ4n) is 3.03. The van der Waals surface area contributed by atoms with Gasteiger partial charge in [-0.1, -0.05) is 17.7 Å². The molecule has 0 fully saturated rings. The maximum Gasteiger partial charge on any atom is 0.337 e. The molecule has 0 aromatic heterocycles. The summed E-state index contributed by atoms with van der Waals surface area (Å²) in [4.78, 5) is 0. The normalized spacial score (nSPS) is 22.0. The minimum absolute atomic E-state index is 0.297. The number of fused-ring (bicyclic) bond motifs is 1. The fourth-order valence-corrected chi connectivity index (χ4v) is 6.76. The van der Waals surface area contributed by atoms with Crippen LogP contribution in [0.15, 0.2) is 18.2 Å². The maximum absolute atomic E-state index is 13.0. The van der Waals surface area contributed by atoms with E-state index in [9.17, 15) is 9.13 Å². The first-order chi connectivity index (χ1) is 10.8. The Bertz CT molecular complexity index is 649. The SMILES string of the molecule is COP(=O)(OC)[C@@H]1Cc2ccc(Cl)cc2[C@H](P(=O)(OC)OC)C1. The number of hydrogen-bond acceptors (Lipinski definition) is 6. The van der Waals surface area contributed by atoms with Crippen LogP contribution in [0.25, 0.3) is 0 Å². The summed E-state index contributed by atoms with van der Waals surface area (Å²) in [5.41, 5.74) is 0.664. The predicted octanol–water partition coefficient (Wildman–Crippen LogP) is 4.67. The largest absolute Gasteiger partial charge is 0.337 e. The highest BCUT2D eigenvalue weighted by Gasteiger charge is 2.47. The van der Waals surface area contributed by atoms with Crippen LogP contribution in [0.3, 0.4) is 0 Å². The van der Waals surface area contributed by atoms with Gasteiger partial charge < -0.3 is 18.1 Å². The Morgan fingerprint density at radius 3 is 2.09 bits per heavy atom. The Morgan fingerprint density at radius 2 is 1.57 bits per heavy atom. The van der Waals surface area contributed by atoms with Crippen LogP contribution < -0.4 is 0 Å². The van der Waals surface area contributed by atoms with Crippen molar-refractivity contribution >= 4 is 26.8 Å². The third-order valence-electron chi connectivity index (χ3n) is 4.26. The second kappa shape index (κ2) is 7.37. The molecule has 0 amide bonds. The third kappa shape index (κ3) is 3.59. The van der Waals surface area contributed by atoms with Crippen LogP contribution in [0.1, 0.15) is 23.2 Å². The highest BCUT2D eigenvalue weighted by atomic mass is 35.5. The van der Waals surface area contributed by atoms with Crippen molar-refractivity contribution in [1.82, 2.24) is 0 Å². The summed E-state index contributed by atoms with van der Waals surface area (Å²) in [6.07, 6.45) is 0.778. The minimum Gasteiger partial charge on any atom is -0.312 e. The Morgan fingerprint density at radius 1 is 1.00 bits per heavy atom. The average molecular weight is 383 g/mol. The zero-order valence-electron chi connectivity index (χ0n) is 13.5. The van der Waals surface area contributed by atoms with Gasteiger partial charge in [0.2, 0.25) is 0 Å². The number of halogens is 1. The van der Waals surface area contributed by atoms with Crippen molar-refractivity contribution in [2.24, 2.45) is 0 Å². The molecule has 0 bridgehead atoms. The molecule has 1 aliphatic rings. The zero-order chi connectivity index (χ0) is 17.3. The number of hydrogen-bond donors (Lipinski definition) is 0. The molecule has 2 rings (SSSR count). The second-order valence-corrected chi connectivity index (χ2v) is 10.7. The molecule has 2 atom stereocenters. The molecule has 1 aromatic rings. The van der Waals surface area contributed by atoms with Crippen LogP contribution in [0.2, 0.25) is 5.02 Å². The molecule has 1 aliphatic carbocycles. The van der Waals surface area contributed by atoms with E-state index in [0.29, 0.717) is 17.9 Å². The lowest BCUT2D eigenvalue weighted by molar-refractivity contribution is 0.249. The number of rotatable bonds is 6. The monoisotopic (exact) mass is 382 g/mol. The van der Waals surface area contributed by atoms with E-state index in [4.69, 9.17) is 29.7 Å². The van der Waals surface area contributed by atoms with E-state index in [1.165, 1.54) is 28.4 Å². The van der Waals surface area contributed by atoms with Gasteiger partial charge >= 0.3 is 15.2 Å². The molecule has 23 heavy (non-hydrogen) atoms. The van der Waals surface area contributed by atoms with Crippen LogP contribution >= 0.6 is 26.8 Å². The highest BCUT2D eigenvalue weighted by molar-refractivity contribution is 7.55. The maximum atomic E-state index is 13.0. The highest BCUT2D eigenvalue weighted by Crippen LogP contribution is 2.67. The van der Waals surface area contributed by atoms with Crippen LogP contribution in [0.4, 0.5) is 0 Å². The Hall–Kier alpha value is -0.190. The van der Waals surface area contributed by atoms with Crippen LogP contribution in [-0.2, 0) is 33.6 Å². The van der Waals surface area contributed by atoms with E-state index in [1.54, 1.807) is 12.1 Å². The van der Waals surface area contributed by atoms with E-state index in [-0.39, 0.29) is 0 Å². The van der Waals surface area contributed by atoms with Crippen molar-refractivity contribution in [3.05, 3.63) is 34.3 Å². The summed E-state index contributed by atoms with van der Waals surface area (Å²) >= 11 is 6.08. The van der Waals surface area contributed by atoms with Gasteiger partial charge in [-0.25, -0.2) is 0 Å². The molecular formula is C14H21ClO6P2. The van der Waals surface area contributed by atoms with E-state index in [0.717, 1.165) is 11.1 Å². The van der Waals surface area contributed by atoms with E-state index in [2.05, 4.69) is 0 Å². The second-order valence-electron chi connectivity index (χ2n) is 5.26. The molecule has 0 N–H and O–H groups in total. The van der Waals surface area contributed by atoms with Crippen LogP contribution in [0, 0.1) is 0 Å². The van der Waals surface area contributed by atoms with Crippen molar-refractivity contribution in [3.8, 4) is 0 Å². The van der Waals surface area contributed by atoms with Crippen LogP contribution in [-0.4, -0.2) is 34.1 Å². The zero-order valence-corrected chi connectivity index (χ0v) is 16.1.